The molecule has 0 saturated carbocycles. The van der Waals surface area contributed by atoms with Crippen molar-refractivity contribution in [3.63, 3.8) is 0 Å². The Morgan fingerprint density at radius 3 is 2.89 bits per heavy atom. The molecule has 5 heteroatoms. The van der Waals surface area contributed by atoms with Crippen molar-refractivity contribution < 1.29 is 14.3 Å². The number of halogens is 1. The summed E-state index contributed by atoms with van der Waals surface area (Å²) in [5.74, 6) is 0.718. The highest BCUT2D eigenvalue weighted by Gasteiger charge is 2.14. The molecule has 2 aromatic rings. The van der Waals surface area contributed by atoms with E-state index in [4.69, 9.17) is 21.1 Å². The van der Waals surface area contributed by atoms with E-state index in [1.807, 2.05) is 0 Å². The molecule has 0 radical (unpaired) electrons. The van der Waals surface area contributed by atoms with Crippen LogP contribution in [0.3, 0.4) is 0 Å². The molecule has 1 aromatic heterocycles. The third kappa shape index (κ3) is 3.45. The van der Waals surface area contributed by atoms with Gasteiger partial charge in [-0.15, -0.1) is 0 Å². The first kappa shape index (κ1) is 13.4. The Balaban J connectivity index is 2.05. The van der Waals surface area contributed by atoms with Crippen molar-refractivity contribution in [1.82, 2.24) is 4.98 Å². The Bertz CT molecular complexity index is 586. The molecular formula is C14H12ClNO3. The second-order valence-electron chi connectivity index (χ2n) is 3.72. The van der Waals surface area contributed by atoms with Crippen LogP contribution in [-0.2, 0) is 0 Å². The maximum atomic E-state index is 12.0. The second-order valence-corrected chi connectivity index (χ2v) is 4.16. The molecule has 1 aromatic carbocycles. The number of hydrogen-bond donors (Lipinski definition) is 0. The highest BCUT2D eigenvalue weighted by atomic mass is 35.5. The van der Waals surface area contributed by atoms with Gasteiger partial charge in [-0.3, -0.25) is 4.79 Å². The number of ketones is 1. The summed E-state index contributed by atoms with van der Waals surface area (Å²) in [6.45, 7) is -0.117. The third-order valence-corrected chi connectivity index (χ3v) is 2.66. The average Bonchev–Trinajstić information content (AvgIpc) is 2.45. The van der Waals surface area contributed by atoms with Gasteiger partial charge >= 0.3 is 0 Å². The average molecular weight is 278 g/mol. The molecule has 0 amide bonds. The van der Waals surface area contributed by atoms with Gasteiger partial charge in [0.2, 0.25) is 5.78 Å². The molecular weight excluding hydrogens is 266 g/mol. The normalized spacial score (nSPS) is 10.0. The lowest BCUT2D eigenvalue weighted by Gasteiger charge is -2.08. The molecule has 0 aliphatic heterocycles. The highest BCUT2D eigenvalue weighted by Crippen LogP contribution is 2.19. The first-order chi connectivity index (χ1) is 9.20. The van der Waals surface area contributed by atoms with E-state index in [2.05, 4.69) is 4.98 Å². The molecule has 0 unspecified atom stereocenters. The number of Topliss-reactive ketones (excluding diaryl/α,β-unsaturated/α-hetero) is 1. The fraction of sp³-hybridized carbons (Fsp3) is 0.143. The van der Waals surface area contributed by atoms with Crippen molar-refractivity contribution >= 4 is 17.4 Å². The zero-order valence-electron chi connectivity index (χ0n) is 10.3. The van der Waals surface area contributed by atoms with E-state index < -0.39 is 0 Å². The van der Waals surface area contributed by atoms with Crippen LogP contribution in [0.1, 0.15) is 10.5 Å². The quantitative estimate of drug-likeness (QED) is 0.788. The number of pyridine rings is 1. The molecule has 19 heavy (non-hydrogen) atoms. The zero-order chi connectivity index (χ0) is 13.7. The predicted molar refractivity (Wildman–Crippen MR) is 72.1 cm³/mol. The fourth-order valence-electron chi connectivity index (χ4n) is 1.54. The largest absolute Gasteiger partial charge is 0.494 e. The maximum absolute atomic E-state index is 12.0. The molecule has 4 nitrogen and oxygen atoms in total. The van der Waals surface area contributed by atoms with Gasteiger partial charge in [-0.05, 0) is 30.3 Å². The highest BCUT2D eigenvalue weighted by molar-refractivity contribution is 6.30. The molecule has 0 fully saturated rings. The van der Waals surface area contributed by atoms with Gasteiger partial charge in [0.1, 0.15) is 11.5 Å². The van der Waals surface area contributed by atoms with Crippen LogP contribution in [0.2, 0.25) is 5.02 Å². The summed E-state index contributed by atoms with van der Waals surface area (Å²) in [6, 6.07) is 10.2. The number of carbonyl (C=O) groups is 1. The zero-order valence-corrected chi connectivity index (χ0v) is 11.1. The number of nitrogens with zero attached hydrogens (tertiary/aromatic N) is 1. The number of methoxy groups -OCH3 is 1. The fourth-order valence-corrected chi connectivity index (χ4v) is 1.72. The number of ether oxygens (including phenoxy) is 2. The molecule has 0 atom stereocenters. The van der Waals surface area contributed by atoms with E-state index in [0.29, 0.717) is 16.5 Å². The van der Waals surface area contributed by atoms with E-state index in [1.165, 1.54) is 13.3 Å². The molecule has 0 N–H and O–H groups in total. The van der Waals surface area contributed by atoms with Gasteiger partial charge < -0.3 is 9.47 Å². The van der Waals surface area contributed by atoms with Crippen molar-refractivity contribution in [2.24, 2.45) is 0 Å². The van der Waals surface area contributed by atoms with Crippen molar-refractivity contribution in [1.29, 1.82) is 0 Å². The SMILES string of the molecule is COc1cccnc1C(=O)COc1cccc(Cl)c1. The monoisotopic (exact) mass is 277 g/mol. The van der Waals surface area contributed by atoms with Gasteiger partial charge in [0.15, 0.2) is 12.3 Å². The van der Waals surface area contributed by atoms with Gasteiger partial charge in [-0.1, -0.05) is 17.7 Å². The van der Waals surface area contributed by atoms with E-state index in [9.17, 15) is 4.79 Å². The van der Waals surface area contributed by atoms with E-state index in [-0.39, 0.29) is 18.1 Å². The Labute approximate surface area is 115 Å². The Morgan fingerprint density at radius 2 is 2.16 bits per heavy atom. The number of carbonyl (C=O) groups excluding carboxylic acids is 1. The van der Waals surface area contributed by atoms with Crippen LogP contribution in [0.5, 0.6) is 11.5 Å². The summed E-state index contributed by atoms with van der Waals surface area (Å²) in [4.78, 5) is 16.0. The van der Waals surface area contributed by atoms with Gasteiger partial charge in [-0.25, -0.2) is 4.98 Å². The lowest BCUT2D eigenvalue weighted by atomic mass is 10.2. The van der Waals surface area contributed by atoms with Crippen molar-refractivity contribution in [2.75, 3.05) is 13.7 Å². The number of hydrogen-bond acceptors (Lipinski definition) is 4. The maximum Gasteiger partial charge on any atom is 0.222 e. The minimum Gasteiger partial charge on any atom is -0.494 e. The van der Waals surface area contributed by atoms with Crippen LogP contribution in [0.4, 0.5) is 0 Å². The molecule has 1 heterocycles. The molecule has 0 aliphatic rings. The van der Waals surface area contributed by atoms with Crippen LogP contribution in [0.15, 0.2) is 42.6 Å². The summed E-state index contributed by atoms with van der Waals surface area (Å²) >= 11 is 5.83. The van der Waals surface area contributed by atoms with Crippen LogP contribution >= 0.6 is 11.6 Å². The standard InChI is InChI=1S/C14H12ClNO3/c1-18-13-6-3-7-16-14(13)12(17)9-19-11-5-2-4-10(15)8-11/h2-8H,9H2,1H3. The van der Waals surface area contributed by atoms with Gasteiger partial charge in [-0.2, -0.15) is 0 Å². The Morgan fingerprint density at radius 1 is 1.32 bits per heavy atom. The van der Waals surface area contributed by atoms with Gasteiger partial charge in [0.25, 0.3) is 0 Å². The lowest BCUT2D eigenvalue weighted by molar-refractivity contribution is 0.0913. The summed E-state index contributed by atoms with van der Waals surface area (Å²) in [5, 5.41) is 0.556. The number of aromatic nitrogens is 1. The van der Waals surface area contributed by atoms with Crippen LogP contribution in [-0.4, -0.2) is 24.5 Å². The first-order valence-electron chi connectivity index (χ1n) is 5.61. The molecule has 98 valence electrons. The molecule has 2 rings (SSSR count). The number of rotatable bonds is 5. The molecule has 0 bridgehead atoms. The summed E-state index contributed by atoms with van der Waals surface area (Å²) in [7, 11) is 1.49. The van der Waals surface area contributed by atoms with Crippen molar-refractivity contribution in [2.45, 2.75) is 0 Å². The van der Waals surface area contributed by atoms with Crippen molar-refractivity contribution in [3.8, 4) is 11.5 Å². The topological polar surface area (TPSA) is 48.4 Å². The lowest BCUT2D eigenvalue weighted by Crippen LogP contribution is -2.14. The van der Waals surface area contributed by atoms with Crippen molar-refractivity contribution in [3.05, 3.63) is 53.3 Å². The van der Waals surface area contributed by atoms with Crippen LogP contribution in [0, 0.1) is 0 Å². The minimum atomic E-state index is -0.252. The van der Waals surface area contributed by atoms with E-state index >= 15 is 0 Å². The van der Waals surface area contributed by atoms with E-state index in [1.54, 1.807) is 36.4 Å². The third-order valence-electron chi connectivity index (χ3n) is 2.42. The summed E-state index contributed by atoms with van der Waals surface area (Å²) in [5.41, 5.74) is 0.257. The Kier molecular flexibility index (Phi) is 4.36. The predicted octanol–water partition coefficient (Wildman–Crippen LogP) is 3.01. The van der Waals surface area contributed by atoms with Crippen LogP contribution < -0.4 is 9.47 Å². The Hall–Kier alpha value is -2.07. The molecule has 0 spiro atoms. The molecule has 0 aliphatic carbocycles. The van der Waals surface area contributed by atoms with Gasteiger partial charge in [0.05, 0.1) is 7.11 Å². The second kappa shape index (κ2) is 6.20. The summed E-state index contributed by atoms with van der Waals surface area (Å²) in [6.07, 6.45) is 1.54. The van der Waals surface area contributed by atoms with Crippen LogP contribution in [0.25, 0.3) is 0 Å². The molecule has 0 saturated heterocycles. The van der Waals surface area contributed by atoms with Gasteiger partial charge in [0, 0.05) is 11.2 Å². The minimum absolute atomic E-state index is 0.117. The summed E-state index contributed by atoms with van der Waals surface area (Å²) < 4.78 is 10.5. The van der Waals surface area contributed by atoms with E-state index in [0.717, 1.165) is 0 Å². The number of benzene rings is 1. The smallest absolute Gasteiger partial charge is 0.222 e. The first-order valence-corrected chi connectivity index (χ1v) is 5.99.